The van der Waals surface area contributed by atoms with Crippen LogP contribution in [-0.2, 0) is 0 Å². The van der Waals surface area contributed by atoms with E-state index in [1.807, 2.05) is 0 Å². The first kappa shape index (κ1) is 17.4. The number of thiol groups is 1. The van der Waals surface area contributed by atoms with Crippen LogP contribution >= 0.6 is 12.6 Å². The molecule has 0 amide bonds. The minimum atomic E-state index is 0.170. The molecule has 1 saturated carbocycles. The first-order chi connectivity index (χ1) is 8.84. The summed E-state index contributed by atoms with van der Waals surface area (Å²) in [6.45, 7) is 11.7. The number of hydrogen-bond donors (Lipinski definition) is 1. The molecule has 0 aromatic heterocycles. The maximum absolute atomic E-state index is 4.90. The largest absolute Gasteiger partial charge is 0.172 e. The minimum Gasteiger partial charge on any atom is -0.172 e. The van der Waals surface area contributed by atoms with E-state index in [0.29, 0.717) is 5.41 Å². The SMILES string of the molecule is CCCC(CCCC(C)(C)C(C)(S)CC)C1CCC1. The Bertz CT molecular complexity index is 250. The van der Waals surface area contributed by atoms with Gasteiger partial charge in [-0.15, -0.1) is 0 Å². The normalized spacial score (nSPS) is 21.8. The average molecular weight is 285 g/mol. The Morgan fingerprint density at radius 2 is 1.74 bits per heavy atom. The molecule has 114 valence electrons. The fourth-order valence-corrected chi connectivity index (χ4v) is 3.56. The molecule has 1 rings (SSSR count). The van der Waals surface area contributed by atoms with Gasteiger partial charge in [0.05, 0.1) is 0 Å². The van der Waals surface area contributed by atoms with Crippen LogP contribution in [0, 0.1) is 17.3 Å². The van der Waals surface area contributed by atoms with Gasteiger partial charge in [-0.05, 0) is 30.1 Å². The standard InChI is InChI=1S/C18H36S/c1-6-10-15(16-11-8-12-16)13-9-14-17(3,4)18(5,19)7-2/h15-16,19H,6-14H2,1-5H3. The minimum absolute atomic E-state index is 0.170. The van der Waals surface area contributed by atoms with Crippen molar-refractivity contribution in [2.45, 2.75) is 97.2 Å². The van der Waals surface area contributed by atoms with E-state index in [0.717, 1.165) is 18.3 Å². The number of hydrogen-bond acceptors (Lipinski definition) is 1. The molecule has 1 heteroatoms. The van der Waals surface area contributed by atoms with E-state index in [9.17, 15) is 0 Å². The summed E-state index contributed by atoms with van der Waals surface area (Å²) in [4.78, 5) is 0. The Morgan fingerprint density at radius 3 is 2.16 bits per heavy atom. The smallest absolute Gasteiger partial charge is 0.0150 e. The summed E-state index contributed by atoms with van der Waals surface area (Å²) in [5.41, 5.74) is 0.348. The van der Waals surface area contributed by atoms with Crippen LogP contribution in [-0.4, -0.2) is 4.75 Å². The molecule has 1 aliphatic rings. The highest BCUT2D eigenvalue weighted by Gasteiger charge is 2.36. The molecule has 0 bridgehead atoms. The average Bonchev–Trinajstić information content (AvgIpc) is 2.26. The second-order valence-electron chi connectivity index (χ2n) is 7.64. The molecule has 0 saturated heterocycles. The van der Waals surface area contributed by atoms with Gasteiger partial charge in [-0.3, -0.25) is 0 Å². The summed E-state index contributed by atoms with van der Waals surface area (Å²) in [6, 6.07) is 0. The quantitative estimate of drug-likeness (QED) is 0.459. The zero-order valence-electron chi connectivity index (χ0n) is 14.0. The first-order valence-corrected chi connectivity index (χ1v) is 9.01. The zero-order chi connectivity index (χ0) is 14.5. The van der Waals surface area contributed by atoms with Crippen molar-refractivity contribution in [1.29, 1.82) is 0 Å². The van der Waals surface area contributed by atoms with Gasteiger partial charge >= 0.3 is 0 Å². The Hall–Kier alpha value is 0.350. The molecule has 0 aliphatic heterocycles. The molecule has 0 radical (unpaired) electrons. The van der Waals surface area contributed by atoms with Crippen LogP contribution in [0.4, 0.5) is 0 Å². The molecule has 0 nitrogen and oxygen atoms in total. The van der Waals surface area contributed by atoms with Crippen LogP contribution in [0.1, 0.15) is 92.4 Å². The van der Waals surface area contributed by atoms with Gasteiger partial charge in [0.2, 0.25) is 0 Å². The summed E-state index contributed by atoms with van der Waals surface area (Å²) >= 11 is 4.90. The van der Waals surface area contributed by atoms with Crippen molar-refractivity contribution in [2.75, 3.05) is 0 Å². The van der Waals surface area contributed by atoms with Gasteiger partial charge in [0.25, 0.3) is 0 Å². The van der Waals surface area contributed by atoms with Gasteiger partial charge in [-0.2, -0.15) is 12.6 Å². The van der Waals surface area contributed by atoms with Crippen LogP contribution in [0.25, 0.3) is 0 Å². The van der Waals surface area contributed by atoms with Crippen molar-refractivity contribution in [3.05, 3.63) is 0 Å². The Kier molecular flexibility index (Phi) is 6.76. The molecule has 1 fully saturated rings. The van der Waals surface area contributed by atoms with Crippen LogP contribution < -0.4 is 0 Å². The van der Waals surface area contributed by atoms with Crippen molar-refractivity contribution < 1.29 is 0 Å². The highest BCUT2D eigenvalue weighted by Crippen LogP contribution is 2.44. The van der Waals surface area contributed by atoms with E-state index in [1.54, 1.807) is 0 Å². The molecule has 0 N–H and O–H groups in total. The van der Waals surface area contributed by atoms with Crippen molar-refractivity contribution in [3.63, 3.8) is 0 Å². The molecular weight excluding hydrogens is 248 g/mol. The van der Waals surface area contributed by atoms with E-state index in [-0.39, 0.29) is 4.75 Å². The molecule has 2 unspecified atom stereocenters. The molecule has 19 heavy (non-hydrogen) atoms. The monoisotopic (exact) mass is 284 g/mol. The zero-order valence-corrected chi connectivity index (χ0v) is 14.9. The van der Waals surface area contributed by atoms with Crippen LogP contribution in [0.2, 0.25) is 0 Å². The maximum atomic E-state index is 4.90. The van der Waals surface area contributed by atoms with Gasteiger partial charge in [0.15, 0.2) is 0 Å². The van der Waals surface area contributed by atoms with E-state index >= 15 is 0 Å². The highest BCUT2D eigenvalue weighted by molar-refractivity contribution is 7.81. The van der Waals surface area contributed by atoms with Crippen LogP contribution in [0.15, 0.2) is 0 Å². The summed E-state index contributed by atoms with van der Waals surface area (Å²) in [6.07, 6.45) is 12.7. The molecule has 0 aromatic rings. The lowest BCUT2D eigenvalue weighted by Crippen LogP contribution is -2.36. The van der Waals surface area contributed by atoms with Crippen molar-refractivity contribution >= 4 is 12.6 Å². The lowest BCUT2D eigenvalue weighted by Gasteiger charge is -2.41. The highest BCUT2D eigenvalue weighted by atomic mass is 32.1. The predicted octanol–water partition coefficient (Wildman–Crippen LogP) is 6.50. The third-order valence-corrected chi connectivity index (χ3v) is 6.92. The van der Waals surface area contributed by atoms with Crippen molar-refractivity contribution in [1.82, 2.24) is 0 Å². The number of rotatable bonds is 9. The molecule has 0 spiro atoms. The van der Waals surface area contributed by atoms with Gasteiger partial charge < -0.3 is 0 Å². The van der Waals surface area contributed by atoms with E-state index in [1.165, 1.54) is 51.4 Å². The predicted molar refractivity (Wildman–Crippen MR) is 91.1 cm³/mol. The fourth-order valence-electron chi connectivity index (χ4n) is 3.45. The lowest BCUT2D eigenvalue weighted by molar-refractivity contribution is 0.166. The molecule has 0 aromatic carbocycles. The molecule has 1 aliphatic carbocycles. The van der Waals surface area contributed by atoms with Crippen LogP contribution in [0.5, 0.6) is 0 Å². The second-order valence-corrected chi connectivity index (χ2v) is 8.63. The van der Waals surface area contributed by atoms with Gasteiger partial charge in [0, 0.05) is 4.75 Å². The van der Waals surface area contributed by atoms with E-state index in [2.05, 4.69) is 34.6 Å². The van der Waals surface area contributed by atoms with Crippen LogP contribution in [0.3, 0.4) is 0 Å². The summed E-state index contributed by atoms with van der Waals surface area (Å²) < 4.78 is 0.170. The van der Waals surface area contributed by atoms with Gasteiger partial charge in [-0.1, -0.05) is 79.6 Å². The first-order valence-electron chi connectivity index (χ1n) is 8.56. The molecule has 2 atom stereocenters. The van der Waals surface area contributed by atoms with Gasteiger partial charge in [0.1, 0.15) is 0 Å². The topological polar surface area (TPSA) is 0 Å². The third kappa shape index (κ3) is 4.69. The van der Waals surface area contributed by atoms with Crippen molar-refractivity contribution in [2.24, 2.45) is 17.3 Å². The summed E-state index contributed by atoms with van der Waals surface area (Å²) in [5.74, 6) is 2.08. The van der Waals surface area contributed by atoms with E-state index in [4.69, 9.17) is 12.6 Å². The fraction of sp³-hybridized carbons (Fsp3) is 1.00. The third-order valence-electron chi connectivity index (χ3n) is 6.00. The molecular formula is C18H36S. The Labute approximate surface area is 127 Å². The Morgan fingerprint density at radius 1 is 1.11 bits per heavy atom. The van der Waals surface area contributed by atoms with Crippen molar-refractivity contribution in [3.8, 4) is 0 Å². The van der Waals surface area contributed by atoms with Gasteiger partial charge in [-0.25, -0.2) is 0 Å². The molecule has 0 heterocycles. The lowest BCUT2D eigenvalue weighted by atomic mass is 9.70. The maximum Gasteiger partial charge on any atom is 0.0150 e. The van der Waals surface area contributed by atoms with E-state index < -0.39 is 0 Å². The second kappa shape index (κ2) is 7.38. The Balaban J connectivity index is 2.38. The summed E-state index contributed by atoms with van der Waals surface area (Å²) in [5, 5.41) is 0. The summed E-state index contributed by atoms with van der Waals surface area (Å²) in [7, 11) is 0.